The second-order valence-corrected chi connectivity index (χ2v) is 10.3. The number of nitrogens with zero attached hydrogens (tertiary/aromatic N) is 2. The van der Waals surface area contributed by atoms with Gasteiger partial charge in [0.1, 0.15) is 5.01 Å². The van der Waals surface area contributed by atoms with Crippen molar-refractivity contribution in [3.63, 3.8) is 0 Å². The monoisotopic (exact) mass is 433 g/mol. The number of aliphatic hydroxyl groups excluding tert-OH is 1. The number of nitrogens with one attached hydrogen (secondary N) is 1. The van der Waals surface area contributed by atoms with Crippen LogP contribution in [0.2, 0.25) is 5.02 Å². The van der Waals surface area contributed by atoms with E-state index in [-0.39, 0.29) is 18.2 Å². The normalized spacial score (nSPS) is 27.3. The van der Waals surface area contributed by atoms with Crippen LogP contribution in [0.1, 0.15) is 60.3 Å². The molecular formula is C23H32ClN3OS. The van der Waals surface area contributed by atoms with Gasteiger partial charge in [-0.3, -0.25) is 4.90 Å². The summed E-state index contributed by atoms with van der Waals surface area (Å²) >= 11 is 8.02. The van der Waals surface area contributed by atoms with Crippen molar-refractivity contribution in [1.29, 1.82) is 0 Å². The summed E-state index contributed by atoms with van der Waals surface area (Å²) in [7, 11) is 0. The first-order chi connectivity index (χ1) is 14.0. The van der Waals surface area contributed by atoms with Crippen LogP contribution in [0.3, 0.4) is 0 Å². The predicted molar refractivity (Wildman–Crippen MR) is 121 cm³/mol. The number of hydrogen-bond acceptors (Lipinski definition) is 5. The van der Waals surface area contributed by atoms with Crippen molar-refractivity contribution < 1.29 is 5.11 Å². The van der Waals surface area contributed by atoms with Crippen molar-refractivity contribution in [1.82, 2.24) is 15.2 Å². The molecule has 1 aromatic carbocycles. The molecule has 0 bridgehead atoms. The number of thiazole rings is 1. The third kappa shape index (κ3) is 4.40. The van der Waals surface area contributed by atoms with Crippen molar-refractivity contribution in [2.45, 2.75) is 64.1 Å². The molecule has 2 N–H and O–H groups in total. The molecule has 2 aliphatic rings. The van der Waals surface area contributed by atoms with Crippen LogP contribution < -0.4 is 5.32 Å². The van der Waals surface area contributed by atoms with E-state index >= 15 is 0 Å². The number of aliphatic hydroxyl groups is 1. The molecule has 3 atom stereocenters. The SMILES string of the molecule is CCN1[C@@H](c2ccc(Cl)cc2)[C@@H](CNCc2nc3c(s2)CCCC3)C[C@@]1(C)CO. The van der Waals surface area contributed by atoms with E-state index in [1.807, 2.05) is 23.5 Å². The number of hydrogen-bond donors (Lipinski definition) is 2. The van der Waals surface area contributed by atoms with Crippen LogP contribution >= 0.6 is 22.9 Å². The van der Waals surface area contributed by atoms with Crippen molar-refractivity contribution in [3.05, 3.63) is 50.4 Å². The zero-order chi connectivity index (χ0) is 20.4. The molecule has 2 aromatic rings. The fraction of sp³-hybridized carbons (Fsp3) is 0.609. The van der Waals surface area contributed by atoms with Gasteiger partial charge in [0.2, 0.25) is 0 Å². The highest BCUT2D eigenvalue weighted by Crippen LogP contribution is 2.46. The van der Waals surface area contributed by atoms with Gasteiger partial charge in [0.05, 0.1) is 12.3 Å². The van der Waals surface area contributed by atoms with E-state index in [1.54, 1.807) is 0 Å². The van der Waals surface area contributed by atoms with Crippen molar-refractivity contribution >= 4 is 22.9 Å². The summed E-state index contributed by atoms with van der Waals surface area (Å²) in [5.74, 6) is 0.433. The maximum absolute atomic E-state index is 10.2. The summed E-state index contributed by atoms with van der Waals surface area (Å²) in [6, 6.07) is 8.51. The molecule has 4 rings (SSSR count). The summed E-state index contributed by atoms with van der Waals surface area (Å²) in [4.78, 5) is 8.83. The quantitative estimate of drug-likeness (QED) is 0.669. The number of aryl methyl sites for hydroxylation is 2. The van der Waals surface area contributed by atoms with Crippen LogP contribution in [0.4, 0.5) is 0 Å². The van der Waals surface area contributed by atoms with Crippen LogP contribution in [0.5, 0.6) is 0 Å². The van der Waals surface area contributed by atoms with Crippen molar-refractivity contribution in [2.75, 3.05) is 19.7 Å². The maximum Gasteiger partial charge on any atom is 0.107 e. The molecule has 29 heavy (non-hydrogen) atoms. The summed E-state index contributed by atoms with van der Waals surface area (Å²) in [5, 5.41) is 15.8. The van der Waals surface area contributed by atoms with E-state index < -0.39 is 0 Å². The lowest BCUT2D eigenvalue weighted by Crippen LogP contribution is -2.45. The molecule has 0 spiro atoms. The highest BCUT2D eigenvalue weighted by Gasteiger charge is 2.47. The highest BCUT2D eigenvalue weighted by atomic mass is 35.5. The van der Waals surface area contributed by atoms with Crippen LogP contribution in [0.25, 0.3) is 0 Å². The number of likely N-dealkylation sites (N-methyl/N-ethyl adjacent to an activating group) is 1. The standard InChI is InChI=1S/C23H32ClN3OS/c1-3-27-22(16-8-10-18(24)11-9-16)17(12-23(27,2)15-28)13-25-14-21-26-19-6-4-5-7-20(19)29-21/h8-11,17,22,25,28H,3-7,12-15H2,1-2H3/t17-,22+,23+/m1/s1. The summed E-state index contributed by atoms with van der Waals surface area (Å²) in [6.07, 6.45) is 5.91. The second-order valence-electron chi connectivity index (χ2n) is 8.72. The van der Waals surface area contributed by atoms with Crippen LogP contribution in [-0.2, 0) is 19.4 Å². The largest absolute Gasteiger partial charge is 0.394 e. The Kier molecular flexibility index (Phi) is 6.62. The Hall–Kier alpha value is -0.980. The number of benzene rings is 1. The van der Waals surface area contributed by atoms with Gasteiger partial charge in [-0.15, -0.1) is 11.3 Å². The number of likely N-dealkylation sites (tertiary alicyclic amines) is 1. The lowest BCUT2D eigenvalue weighted by atomic mass is 9.90. The van der Waals surface area contributed by atoms with E-state index in [9.17, 15) is 5.11 Å². The van der Waals surface area contributed by atoms with Gasteiger partial charge in [-0.2, -0.15) is 0 Å². The molecule has 158 valence electrons. The Morgan fingerprint density at radius 1 is 1.28 bits per heavy atom. The molecule has 6 heteroatoms. The molecule has 2 heterocycles. The van der Waals surface area contributed by atoms with Crippen LogP contribution in [-0.4, -0.2) is 40.2 Å². The summed E-state index contributed by atoms with van der Waals surface area (Å²) < 4.78 is 0. The van der Waals surface area contributed by atoms with Gasteiger partial charge in [0, 0.05) is 34.6 Å². The first-order valence-corrected chi connectivity index (χ1v) is 12.0. The van der Waals surface area contributed by atoms with Gasteiger partial charge < -0.3 is 10.4 Å². The van der Waals surface area contributed by atoms with Gasteiger partial charge in [0.25, 0.3) is 0 Å². The second kappa shape index (κ2) is 9.03. The summed E-state index contributed by atoms with van der Waals surface area (Å²) in [5.41, 5.74) is 2.43. The molecule has 0 radical (unpaired) electrons. The molecule has 0 amide bonds. The fourth-order valence-corrected chi connectivity index (χ4v) is 6.51. The zero-order valence-electron chi connectivity index (χ0n) is 17.5. The van der Waals surface area contributed by atoms with E-state index in [2.05, 4.69) is 36.2 Å². The first-order valence-electron chi connectivity index (χ1n) is 10.9. The molecule has 1 fully saturated rings. The summed E-state index contributed by atoms with van der Waals surface area (Å²) in [6.45, 7) is 7.23. The fourth-order valence-electron chi connectivity index (χ4n) is 5.26. The Morgan fingerprint density at radius 3 is 2.72 bits per heavy atom. The molecule has 1 aliphatic heterocycles. The smallest absolute Gasteiger partial charge is 0.107 e. The van der Waals surface area contributed by atoms with E-state index in [0.717, 1.165) is 37.5 Å². The molecule has 4 nitrogen and oxygen atoms in total. The van der Waals surface area contributed by atoms with Gasteiger partial charge in [-0.25, -0.2) is 4.98 Å². The first kappa shape index (κ1) is 21.3. The zero-order valence-corrected chi connectivity index (χ0v) is 19.0. The molecular weight excluding hydrogens is 402 g/mol. The van der Waals surface area contributed by atoms with E-state index in [1.165, 1.54) is 40.4 Å². The minimum atomic E-state index is -0.189. The van der Waals surface area contributed by atoms with Crippen molar-refractivity contribution in [2.24, 2.45) is 5.92 Å². The number of rotatable bonds is 7. The minimum Gasteiger partial charge on any atom is -0.394 e. The minimum absolute atomic E-state index is 0.181. The third-order valence-corrected chi connectivity index (χ3v) is 8.05. The maximum atomic E-state index is 10.2. The molecule has 0 saturated carbocycles. The number of halogens is 1. The van der Waals surface area contributed by atoms with Gasteiger partial charge in [-0.05, 0) is 69.2 Å². The highest BCUT2D eigenvalue weighted by molar-refractivity contribution is 7.11. The molecule has 1 aliphatic carbocycles. The van der Waals surface area contributed by atoms with Gasteiger partial charge >= 0.3 is 0 Å². The van der Waals surface area contributed by atoms with Crippen LogP contribution in [0, 0.1) is 5.92 Å². The van der Waals surface area contributed by atoms with E-state index in [4.69, 9.17) is 16.6 Å². The number of fused-ring (bicyclic) bond motifs is 1. The topological polar surface area (TPSA) is 48.4 Å². The van der Waals surface area contributed by atoms with Gasteiger partial charge in [0.15, 0.2) is 0 Å². The molecule has 0 unspecified atom stereocenters. The van der Waals surface area contributed by atoms with Crippen molar-refractivity contribution in [3.8, 4) is 0 Å². The Labute approximate surface area is 183 Å². The number of aromatic nitrogens is 1. The Balaban J connectivity index is 1.47. The van der Waals surface area contributed by atoms with E-state index in [0.29, 0.717) is 5.92 Å². The predicted octanol–water partition coefficient (Wildman–Crippen LogP) is 4.60. The van der Waals surface area contributed by atoms with Crippen LogP contribution in [0.15, 0.2) is 24.3 Å². The molecule has 1 aromatic heterocycles. The average molecular weight is 434 g/mol. The average Bonchev–Trinajstić information content (AvgIpc) is 3.27. The molecule has 1 saturated heterocycles. The van der Waals surface area contributed by atoms with Gasteiger partial charge in [-0.1, -0.05) is 30.7 Å². The Bertz CT molecular complexity index is 801. The third-order valence-electron chi connectivity index (χ3n) is 6.64. The Morgan fingerprint density at radius 2 is 2.03 bits per heavy atom. The lowest BCUT2D eigenvalue weighted by molar-refractivity contribution is 0.0579. The lowest BCUT2D eigenvalue weighted by Gasteiger charge is -2.37.